The molecule has 0 spiro atoms. The minimum atomic E-state index is 0.282. The maximum absolute atomic E-state index is 5.51. The van der Waals surface area contributed by atoms with Gasteiger partial charge in [0.1, 0.15) is 5.76 Å². The molecule has 2 heterocycles. The molecule has 1 unspecified atom stereocenters. The lowest BCUT2D eigenvalue weighted by Crippen LogP contribution is -2.17. The van der Waals surface area contributed by atoms with Crippen LogP contribution in [0.15, 0.2) is 22.3 Å². The highest BCUT2D eigenvalue weighted by molar-refractivity contribution is 7.09. The quantitative estimate of drug-likeness (QED) is 0.868. The first-order valence-electron chi connectivity index (χ1n) is 5.35. The van der Waals surface area contributed by atoms with Crippen molar-refractivity contribution in [1.29, 1.82) is 0 Å². The van der Waals surface area contributed by atoms with E-state index < -0.39 is 0 Å². The molecule has 16 heavy (non-hydrogen) atoms. The number of nitrogens with zero attached hydrogens (tertiary/aromatic N) is 2. The van der Waals surface area contributed by atoms with Crippen molar-refractivity contribution in [3.05, 3.63) is 34.4 Å². The summed E-state index contributed by atoms with van der Waals surface area (Å²) in [5.74, 6) is 1.68. The molecule has 0 radical (unpaired) electrons. The third-order valence-corrected chi connectivity index (χ3v) is 3.35. The molecule has 0 aliphatic heterocycles. The van der Waals surface area contributed by atoms with Gasteiger partial charge in [0, 0.05) is 23.5 Å². The number of thiazole rings is 1. The van der Waals surface area contributed by atoms with E-state index in [1.54, 1.807) is 17.5 Å². The van der Waals surface area contributed by atoms with Crippen molar-refractivity contribution in [2.75, 3.05) is 0 Å². The standard InChI is InChI=1S/C11H15N3OS/c1-3-9-4-14-11(15-9)6-13-8(2)10-5-12-7-16-10/h4-5,7-8,13H,3,6H2,1-2H3. The van der Waals surface area contributed by atoms with Crippen LogP contribution < -0.4 is 5.32 Å². The average molecular weight is 237 g/mol. The van der Waals surface area contributed by atoms with Crippen molar-refractivity contribution >= 4 is 11.3 Å². The number of rotatable bonds is 5. The summed E-state index contributed by atoms with van der Waals surface area (Å²) in [6.45, 7) is 4.81. The SMILES string of the molecule is CCc1cnc(CNC(C)c2cncs2)o1. The van der Waals surface area contributed by atoms with E-state index in [1.807, 2.05) is 11.7 Å². The number of aromatic nitrogens is 2. The number of aryl methyl sites for hydroxylation is 1. The van der Waals surface area contributed by atoms with E-state index in [0.29, 0.717) is 6.54 Å². The van der Waals surface area contributed by atoms with Crippen LogP contribution in [0, 0.1) is 0 Å². The van der Waals surface area contributed by atoms with Gasteiger partial charge in [0.05, 0.1) is 18.3 Å². The zero-order valence-corrected chi connectivity index (χ0v) is 10.3. The van der Waals surface area contributed by atoms with Gasteiger partial charge in [0.25, 0.3) is 0 Å². The molecule has 1 N–H and O–H groups in total. The highest BCUT2D eigenvalue weighted by atomic mass is 32.1. The first-order valence-corrected chi connectivity index (χ1v) is 6.23. The Morgan fingerprint density at radius 3 is 3.00 bits per heavy atom. The lowest BCUT2D eigenvalue weighted by molar-refractivity contribution is 0.425. The van der Waals surface area contributed by atoms with Gasteiger partial charge in [-0.15, -0.1) is 11.3 Å². The molecule has 2 rings (SSSR count). The Morgan fingerprint density at radius 2 is 2.38 bits per heavy atom. The molecule has 0 aliphatic rings. The summed E-state index contributed by atoms with van der Waals surface area (Å²) < 4.78 is 5.51. The van der Waals surface area contributed by atoms with E-state index in [4.69, 9.17) is 4.42 Å². The highest BCUT2D eigenvalue weighted by Gasteiger charge is 2.08. The monoisotopic (exact) mass is 237 g/mol. The molecule has 0 saturated carbocycles. The number of hydrogen-bond donors (Lipinski definition) is 1. The Bertz CT molecular complexity index is 424. The van der Waals surface area contributed by atoms with E-state index >= 15 is 0 Å². The fraction of sp³-hybridized carbons (Fsp3) is 0.455. The van der Waals surface area contributed by atoms with Crippen LogP contribution in [0.25, 0.3) is 0 Å². The molecule has 2 aromatic heterocycles. The van der Waals surface area contributed by atoms with Crippen molar-refractivity contribution in [3.63, 3.8) is 0 Å². The molecular weight excluding hydrogens is 222 g/mol. The van der Waals surface area contributed by atoms with E-state index in [1.165, 1.54) is 4.88 Å². The number of oxazole rings is 1. The lowest BCUT2D eigenvalue weighted by Gasteiger charge is -2.09. The molecule has 1 atom stereocenters. The van der Waals surface area contributed by atoms with Gasteiger partial charge in [-0.2, -0.15) is 0 Å². The van der Waals surface area contributed by atoms with Crippen molar-refractivity contribution in [3.8, 4) is 0 Å². The van der Waals surface area contributed by atoms with Crippen LogP contribution >= 0.6 is 11.3 Å². The van der Waals surface area contributed by atoms with Crippen LogP contribution in [0.4, 0.5) is 0 Å². The average Bonchev–Trinajstić information content (AvgIpc) is 2.96. The lowest BCUT2D eigenvalue weighted by atomic mass is 10.3. The third-order valence-electron chi connectivity index (χ3n) is 2.39. The van der Waals surface area contributed by atoms with Gasteiger partial charge < -0.3 is 9.73 Å². The fourth-order valence-electron chi connectivity index (χ4n) is 1.37. The van der Waals surface area contributed by atoms with Gasteiger partial charge in [0.15, 0.2) is 0 Å². The van der Waals surface area contributed by atoms with E-state index in [9.17, 15) is 0 Å². The minimum absolute atomic E-state index is 0.282. The third kappa shape index (κ3) is 2.68. The van der Waals surface area contributed by atoms with E-state index in [0.717, 1.165) is 18.1 Å². The topological polar surface area (TPSA) is 51.0 Å². The number of nitrogens with one attached hydrogen (secondary N) is 1. The van der Waals surface area contributed by atoms with Gasteiger partial charge in [0.2, 0.25) is 5.89 Å². The maximum Gasteiger partial charge on any atom is 0.208 e. The summed E-state index contributed by atoms with van der Waals surface area (Å²) in [5, 5.41) is 3.35. The summed E-state index contributed by atoms with van der Waals surface area (Å²) in [7, 11) is 0. The Balaban J connectivity index is 1.87. The largest absolute Gasteiger partial charge is 0.444 e. The van der Waals surface area contributed by atoms with Gasteiger partial charge >= 0.3 is 0 Å². The summed E-state index contributed by atoms with van der Waals surface area (Å²) in [6.07, 6.45) is 4.56. The van der Waals surface area contributed by atoms with Crippen molar-refractivity contribution in [2.24, 2.45) is 0 Å². The molecule has 0 aliphatic carbocycles. The van der Waals surface area contributed by atoms with Gasteiger partial charge in [-0.1, -0.05) is 6.92 Å². The first-order chi connectivity index (χ1) is 7.79. The minimum Gasteiger partial charge on any atom is -0.444 e. The zero-order valence-electron chi connectivity index (χ0n) is 9.43. The molecule has 86 valence electrons. The molecule has 0 saturated heterocycles. The van der Waals surface area contributed by atoms with Crippen molar-refractivity contribution < 1.29 is 4.42 Å². The van der Waals surface area contributed by atoms with Gasteiger partial charge in [-0.25, -0.2) is 4.98 Å². The van der Waals surface area contributed by atoms with Crippen LogP contribution in [0.2, 0.25) is 0 Å². The predicted octanol–water partition coefficient (Wildman–Crippen LogP) is 2.54. The Labute approximate surface area is 98.7 Å². The van der Waals surface area contributed by atoms with Crippen LogP contribution in [0.5, 0.6) is 0 Å². The smallest absolute Gasteiger partial charge is 0.208 e. The molecule has 0 bridgehead atoms. The first kappa shape index (κ1) is 11.3. The number of hydrogen-bond acceptors (Lipinski definition) is 5. The Hall–Kier alpha value is -1.20. The van der Waals surface area contributed by atoms with E-state index in [2.05, 4.69) is 29.1 Å². The molecule has 0 fully saturated rings. The molecule has 0 amide bonds. The highest BCUT2D eigenvalue weighted by Crippen LogP contribution is 2.16. The second-order valence-corrected chi connectivity index (χ2v) is 4.50. The van der Waals surface area contributed by atoms with Crippen LogP contribution in [-0.2, 0) is 13.0 Å². The molecular formula is C11H15N3OS. The van der Waals surface area contributed by atoms with E-state index in [-0.39, 0.29) is 6.04 Å². The summed E-state index contributed by atoms with van der Waals surface area (Å²) in [4.78, 5) is 9.48. The van der Waals surface area contributed by atoms with Crippen molar-refractivity contribution in [1.82, 2.24) is 15.3 Å². The summed E-state index contributed by atoms with van der Waals surface area (Å²) in [6, 6.07) is 0.282. The Morgan fingerprint density at radius 1 is 1.50 bits per heavy atom. The summed E-state index contributed by atoms with van der Waals surface area (Å²) in [5.41, 5.74) is 1.84. The van der Waals surface area contributed by atoms with Crippen LogP contribution in [-0.4, -0.2) is 9.97 Å². The summed E-state index contributed by atoms with van der Waals surface area (Å²) >= 11 is 1.65. The van der Waals surface area contributed by atoms with Gasteiger partial charge in [-0.3, -0.25) is 4.98 Å². The molecule has 0 aromatic carbocycles. The Kier molecular flexibility index (Phi) is 3.69. The zero-order chi connectivity index (χ0) is 11.4. The van der Waals surface area contributed by atoms with Crippen LogP contribution in [0.1, 0.15) is 36.4 Å². The fourth-order valence-corrected chi connectivity index (χ4v) is 2.03. The molecule has 5 heteroatoms. The normalized spacial score (nSPS) is 12.9. The van der Waals surface area contributed by atoms with Gasteiger partial charge in [-0.05, 0) is 6.92 Å². The second-order valence-electron chi connectivity index (χ2n) is 3.58. The molecule has 2 aromatic rings. The van der Waals surface area contributed by atoms with Crippen molar-refractivity contribution in [2.45, 2.75) is 32.9 Å². The van der Waals surface area contributed by atoms with Crippen LogP contribution in [0.3, 0.4) is 0 Å². The predicted molar refractivity (Wildman–Crippen MR) is 63.2 cm³/mol. The maximum atomic E-state index is 5.51. The second kappa shape index (κ2) is 5.23. The molecule has 4 nitrogen and oxygen atoms in total.